The van der Waals surface area contributed by atoms with Crippen molar-refractivity contribution in [2.45, 2.75) is 6.42 Å². The first-order valence-electron chi connectivity index (χ1n) is 8.19. The lowest BCUT2D eigenvalue weighted by molar-refractivity contribution is -0.121. The molecule has 1 fully saturated rings. The van der Waals surface area contributed by atoms with Gasteiger partial charge in [0.15, 0.2) is 0 Å². The van der Waals surface area contributed by atoms with E-state index in [0.717, 1.165) is 37.6 Å². The van der Waals surface area contributed by atoms with Gasteiger partial charge in [0.25, 0.3) is 0 Å². The minimum Gasteiger partial charge on any atom is -0.369 e. The molecule has 5 nitrogen and oxygen atoms in total. The number of carbonyl (C=O) groups is 1. The highest BCUT2D eigenvalue weighted by atomic mass is 32.1. The molecule has 0 spiro atoms. The molecule has 0 bridgehead atoms. The Kier molecular flexibility index (Phi) is 5.98. The number of rotatable bonds is 6. The summed E-state index contributed by atoms with van der Waals surface area (Å²) in [7, 11) is 0. The summed E-state index contributed by atoms with van der Waals surface area (Å²) < 4.78 is 0. The van der Waals surface area contributed by atoms with Crippen LogP contribution < -0.4 is 10.3 Å². The molecule has 0 atom stereocenters. The average Bonchev–Trinajstić information content (AvgIpc) is 3.15. The number of amides is 1. The number of carbonyl (C=O) groups excluding carboxylic acids is 1. The minimum atomic E-state index is -0.0340. The number of hydrogen-bond acceptors (Lipinski definition) is 5. The molecule has 2 heterocycles. The first-order chi connectivity index (χ1) is 11.8. The molecular weight excluding hydrogens is 320 g/mol. The Labute approximate surface area is 146 Å². The van der Waals surface area contributed by atoms with Gasteiger partial charge in [0.05, 0.1) is 6.21 Å². The molecule has 1 saturated heterocycles. The van der Waals surface area contributed by atoms with Crippen molar-refractivity contribution in [2.75, 3.05) is 37.6 Å². The van der Waals surface area contributed by atoms with E-state index in [1.165, 1.54) is 5.69 Å². The van der Waals surface area contributed by atoms with Crippen molar-refractivity contribution in [3.63, 3.8) is 0 Å². The van der Waals surface area contributed by atoms with E-state index in [-0.39, 0.29) is 5.91 Å². The molecule has 0 saturated carbocycles. The van der Waals surface area contributed by atoms with E-state index in [1.54, 1.807) is 17.6 Å². The Bertz CT molecular complexity index is 649. The van der Waals surface area contributed by atoms with Gasteiger partial charge in [-0.1, -0.05) is 24.3 Å². The molecule has 1 aliphatic rings. The third-order valence-electron chi connectivity index (χ3n) is 4.07. The number of para-hydroxylation sites is 1. The maximum atomic E-state index is 11.8. The highest BCUT2D eigenvalue weighted by molar-refractivity contribution is 7.11. The molecule has 3 rings (SSSR count). The van der Waals surface area contributed by atoms with Crippen LogP contribution >= 0.6 is 11.3 Å². The number of benzene rings is 1. The van der Waals surface area contributed by atoms with Crippen molar-refractivity contribution in [3.8, 4) is 0 Å². The summed E-state index contributed by atoms with van der Waals surface area (Å²) in [4.78, 5) is 17.6. The van der Waals surface area contributed by atoms with Crippen LogP contribution in [0.5, 0.6) is 0 Å². The second-order valence-corrected chi connectivity index (χ2v) is 6.70. The molecule has 1 aliphatic heterocycles. The maximum Gasteiger partial charge on any atom is 0.241 e. The normalized spacial score (nSPS) is 15.8. The SMILES string of the molecule is O=C(CCN1CCN(c2ccccc2)CC1)NN=Cc1cccs1. The smallest absolute Gasteiger partial charge is 0.241 e. The Balaban J connectivity index is 1.35. The molecule has 6 heteroatoms. The second kappa shape index (κ2) is 8.61. The summed E-state index contributed by atoms with van der Waals surface area (Å²) >= 11 is 1.60. The van der Waals surface area contributed by atoms with E-state index < -0.39 is 0 Å². The van der Waals surface area contributed by atoms with Crippen molar-refractivity contribution in [1.82, 2.24) is 10.3 Å². The van der Waals surface area contributed by atoms with E-state index in [0.29, 0.717) is 6.42 Å². The molecule has 1 aromatic heterocycles. The van der Waals surface area contributed by atoms with Gasteiger partial charge in [-0.05, 0) is 23.6 Å². The van der Waals surface area contributed by atoms with Crippen LogP contribution in [0, 0.1) is 0 Å². The predicted molar refractivity (Wildman–Crippen MR) is 99.8 cm³/mol. The van der Waals surface area contributed by atoms with Gasteiger partial charge < -0.3 is 4.90 Å². The third-order valence-corrected chi connectivity index (χ3v) is 4.88. The van der Waals surface area contributed by atoms with Gasteiger partial charge in [-0.25, -0.2) is 5.43 Å². The zero-order valence-electron chi connectivity index (χ0n) is 13.6. The monoisotopic (exact) mass is 342 g/mol. The highest BCUT2D eigenvalue weighted by Gasteiger charge is 2.17. The average molecular weight is 342 g/mol. The number of nitrogens with zero attached hydrogens (tertiary/aromatic N) is 3. The second-order valence-electron chi connectivity index (χ2n) is 5.72. The van der Waals surface area contributed by atoms with Crippen LogP contribution in [0.15, 0.2) is 52.9 Å². The van der Waals surface area contributed by atoms with Gasteiger partial charge in [-0.15, -0.1) is 11.3 Å². The van der Waals surface area contributed by atoms with Crippen molar-refractivity contribution in [1.29, 1.82) is 0 Å². The van der Waals surface area contributed by atoms with Gasteiger partial charge in [-0.3, -0.25) is 9.69 Å². The lowest BCUT2D eigenvalue weighted by Crippen LogP contribution is -2.47. The van der Waals surface area contributed by atoms with E-state index in [4.69, 9.17) is 0 Å². The maximum absolute atomic E-state index is 11.8. The van der Waals surface area contributed by atoms with Crippen LogP contribution in [0.3, 0.4) is 0 Å². The topological polar surface area (TPSA) is 47.9 Å². The fourth-order valence-electron chi connectivity index (χ4n) is 2.72. The van der Waals surface area contributed by atoms with Gasteiger partial charge in [0.1, 0.15) is 0 Å². The number of hydrogen-bond donors (Lipinski definition) is 1. The van der Waals surface area contributed by atoms with Crippen LogP contribution in [-0.4, -0.2) is 49.7 Å². The molecule has 1 aromatic carbocycles. The molecular formula is C18H22N4OS. The summed E-state index contributed by atoms with van der Waals surface area (Å²) in [5, 5.41) is 5.97. The fraction of sp³-hybridized carbons (Fsp3) is 0.333. The van der Waals surface area contributed by atoms with Crippen LogP contribution in [0.4, 0.5) is 5.69 Å². The number of anilines is 1. The first kappa shape index (κ1) is 16.7. The van der Waals surface area contributed by atoms with Gasteiger partial charge >= 0.3 is 0 Å². The first-order valence-corrected chi connectivity index (χ1v) is 9.07. The quantitative estimate of drug-likeness (QED) is 0.648. The van der Waals surface area contributed by atoms with E-state index >= 15 is 0 Å². The van der Waals surface area contributed by atoms with Crippen molar-refractivity contribution >= 4 is 29.1 Å². The summed E-state index contributed by atoms with van der Waals surface area (Å²) in [6.45, 7) is 4.76. The molecule has 0 unspecified atom stereocenters. The summed E-state index contributed by atoms with van der Waals surface area (Å²) in [5.74, 6) is -0.0340. The molecule has 2 aromatic rings. The lowest BCUT2D eigenvalue weighted by atomic mass is 10.2. The number of hydrazone groups is 1. The zero-order valence-corrected chi connectivity index (χ0v) is 14.4. The Hall–Kier alpha value is -2.18. The molecule has 1 amide bonds. The van der Waals surface area contributed by atoms with E-state index in [1.807, 2.05) is 23.6 Å². The Morgan fingerprint density at radius 2 is 1.92 bits per heavy atom. The van der Waals surface area contributed by atoms with Crippen LogP contribution in [0.1, 0.15) is 11.3 Å². The third kappa shape index (κ3) is 4.91. The minimum absolute atomic E-state index is 0.0340. The lowest BCUT2D eigenvalue weighted by Gasteiger charge is -2.36. The van der Waals surface area contributed by atoms with Crippen LogP contribution in [0.25, 0.3) is 0 Å². The van der Waals surface area contributed by atoms with Gasteiger partial charge in [0.2, 0.25) is 5.91 Å². The summed E-state index contributed by atoms with van der Waals surface area (Å²) in [6, 6.07) is 14.4. The summed E-state index contributed by atoms with van der Waals surface area (Å²) in [6.07, 6.45) is 2.16. The summed E-state index contributed by atoms with van der Waals surface area (Å²) in [5.41, 5.74) is 3.87. The van der Waals surface area contributed by atoms with Crippen LogP contribution in [-0.2, 0) is 4.79 Å². The van der Waals surface area contributed by atoms with E-state index in [9.17, 15) is 4.79 Å². The van der Waals surface area contributed by atoms with E-state index in [2.05, 4.69) is 44.6 Å². The number of nitrogens with one attached hydrogen (secondary N) is 1. The number of thiophene rings is 1. The molecule has 1 N–H and O–H groups in total. The number of piperazine rings is 1. The fourth-order valence-corrected chi connectivity index (χ4v) is 3.30. The van der Waals surface area contributed by atoms with Gasteiger partial charge in [-0.2, -0.15) is 5.10 Å². The molecule has 0 aliphatic carbocycles. The molecule has 24 heavy (non-hydrogen) atoms. The Morgan fingerprint density at radius 1 is 1.12 bits per heavy atom. The van der Waals surface area contributed by atoms with Gasteiger partial charge in [0, 0.05) is 49.7 Å². The molecule has 0 radical (unpaired) electrons. The highest BCUT2D eigenvalue weighted by Crippen LogP contribution is 2.15. The van der Waals surface area contributed by atoms with Crippen LogP contribution in [0.2, 0.25) is 0 Å². The van der Waals surface area contributed by atoms with Crippen molar-refractivity contribution in [3.05, 3.63) is 52.7 Å². The largest absolute Gasteiger partial charge is 0.369 e. The standard InChI is InChI=1S/C18H22N4OS/c23-18(20-19-15-17-7-4-14-24-17)8-9-21-10-12-22(13-11-21)16-5-2-1-3-6-16/h1-7,14-15H,8-13H2,(H,20,23). The zero-order chi connectivity index (χ0) is 16.6. The van der Waals surface area contributed by atoms with Crippen molar-refractivity contribution in [2.24, 2.45) is 5.10 Å². The Morgan fingerprint density at radius 3 is 2.62 bits per heavy atom. The molecule has 126 valence electrons. The van der Waals surface area contributed by atoms with Crippen molar-refractivity contribution < 1.29 is 4.79 Å². The predicted octanol–water partition coefficient (Wildman–Crippen LogP) is 2.41.